The lowest BCUT2D eigenvalue weighted by molar-refractivity contribution is -0.0830. The minimum absolute atomic E-state index is 0.150. The molecule has 0 aromatic carbocycles. The van der Waals surface area contributed by atoms with Gasteiger partial charge in [0, 0.05) is 6.61 Å². The molecule has 0 radical (unpaired) electrons. The van der Waals surface area contributed by atoms with Crippen molar-refractivity contribution in [3.63, 3.8) is 0 Å². The summed E-state index contributed by atoms with van der Waals surface area (Å²) in [5, 5.41) is 20.5. The summed E-state index contributed by atoms with van der Waals surface area (Å²) < 4.78 is 0. The first-order chi connectivity index (χ1) is 10.1. The van der Waals surface area contributed by atoms with Crippen molar-refractivity contribution in [3.05, 3.63) is 0 Å². The molecule has 0 aliphatic heterocycles. The first kappa shape index (κ1) is 25.2. The average Bonchev–Trinajstić information content (AvgIpc) is 2.37. The van der Waals surface area contributed by atoms with Gasteiger partial charge in [0.25, 0.3) is 0 Å². The Morgan fingerprint density at radius 1 is 0.696 bits per heavy atom. The summed E-state index contributed by atoms with van der Waals surface area (Å²) in [6.45, 7) is 26.0. The molecule has 0 bridgehead atoms. The minimum Gasteiger partial charge on any atom is -0.396 e. The molecule has 0 heterocycles. The van der Waals surface area contributed by atoms with Crippen LogP contribution in [-0.4, -0.2) is 22.9 Å². The highest BCUT2D eigenvalue weighted by Gasteiger charge is 2.44. The predicted octanol–water partition coefficient (Wildman–Crippen LogP) is 5.91. The number of aliphatic hydroxyl groups excluding tert-OH is 2. The van der Waals surface area contributed by atoms with Crippen molar-refractivity contribution in [2.75, 3.05) is 6.61 Å². The zero-order valence-electron chi connectivity index (χ0n) is 18.2. The Kier molecular flexibility index (Phi) is 9.68. The fourth-order valence-electron chi connectivity index (χ4n) is 3.92. The van der Waals surface area contributed by atoms with Crippen molar-refractivity contribution in [2.24, 2.45) is 27.6 Å². The Labute approximate surface area is 147 Å². The number of rotatable bonds is 8. The van der Waals surface area contributed by atoms with Gasteiger partial charge in [-0.1, -0.05) is 83.1 Å². The van der Waals surface area contributed by atoms with Gasteiger partial charge in [0.05, 0.1) is 6.10 Å². The third-order valence-corrected chi connectivity index (χ3v) is 5.32. The molecule has 0 spiro atoms. The van der Waals surface area contributed by atoms with Crippen molar-refractivity contribution in [2.45, 2.75) is 102 Å². The Morgan fingerprint density at radius 3 is 1.35 bits per heavy atom. The highest BCUT2D eigenvalue weighted by atomic mass is 16.3. The van der Waals surface area contributed by atoms with Gasteiger partial charge in [-0.05, 0) is 40.4 Å². The summed E-state index contributed by atoms with van der Waals surface area (Å²) in [7, 11) is 0. The summed E-state index contributed by atoms with van der Waals surface area (Å²) >= 11 is 0. The van der Waals surface area contributed by atoms with Crippen LogP contribution in [0.5, 0.6) is 0 Å². The Hall–Kier alpha value is -0.0800. The van der Waals surface area contributed by atoms with Crippen LogP contribution in [0.2, 0.25) is 0 Å². The molecule has 142 valence electrons. The van der Waals surface area contributed by atoms with Crippen molar-refractivity contribution in [3.8, 4) is 0 Å². The van der Waals surface area contributed by atoms with Gasteiger partial charge in [-0.25, -0.2) is 0 Å². The first-order valence-corrected chi connectivity index (χ1v) is 9.36. The van der Waals surface area contributed by atoms with Crippen LogP contribution in [0.4, 0.5) is 0 Å². The van der Waals surface area contributed by atoms with E-state index in [1.54, 1.807) is 0 Å². The van der Waals surface area contributed by atoms with E-state index in [1.807, 2.05) is 13.8 Å². The molecule has 0 saturated heterocycles. The van der Waals surface area contributed by atoms with Crippen LogP contribution < -0.4 is 0 Å². The van der Waals surface area contributed by atoms with Gasteiger partial charge in [-0.15, -0.1) is 0 Å². The van der Waals surface area contributed by atoms with E-state index in [4.69, 9.17) is 0 Å². The molecule has 2 nitrogen and oxygen atoms in total. The molecule has 0 aromatic rings. The SMILES string of the molecule is CC.CC(C)C(C)(C)CC(C)(C)C(O)C(C)(C)CC(C)(C)CO. The van der Waals surface area contributed by atoms with E-state index in [0.29, 0.717) is 5.92 Å². The van der Waals surface area contributed by atoms with Crippen LogP contribution in [-0.2, 0) is 0 Å². The summed E-state index contributed by atoms with van der Waals surface area (Å²) in [4.78, 5) is 0. The fourth-order valence-corrected chi connectivity index (χ4v) is 3.92. The predicted molar refractivity (Wildman–Crippen MR) is 104 cm³/mol. The fraction of sp³-hybridized carbons (Fsp3) is 1.00. The second kappa shape index (κ2) is 8.85. The van der Waals surface area contributed by atoms with Crippen molar-refractivity contribution in [1.29, 1.82) is 0 Å². The Balaban J connectivity index is 0. The van der Waals surface area contributed by atoms with E-state index >= 15 is 0 Å². The van der Waals surface area contributed by atoms with Gasteiger partial charge in [0.15, 0.2) is 0 Å². The van der Waals surface area contributed by atoms with Gasteiger partial charge < -0.3 is 10.2 Å². The van der Waals surface area contributed by atoms with Gasteiger partial charge >= 0.3 is 0 Å². The van der Waals surface area contributed by atoms with Crippen LogP contribution in [0.25, 0.3) is 0 Å². The molecule has 0 aromatic heterocycles. The second-order valence-electron chi connectivity index (χ2n) is 10.2. The molecule has 1 atom stereocenters. The second-order valence-corrected chi connectivity index (χ2v) is 10.2. The van der Waals surface area contributed by atoms with E-state index in [2.05, 4.69) is 69.2 Å². The maximum absolute atomic E-state index is 11.0. The summed E-state index contributed by atoms with van der Waals surface area (Å²) in [6, 6.07) is 0. The standard InChI is InChI=1S/C19H40O2.C2H6/c1-14(2)17(5,6)12-19(9,10)15(21)18(7,8)11-16(3,4)13-20;1-2/h14-15,20-21H,11-13H2,1-10H3;1-2H3. The van der Waals surface area contributed by atoms with E-state index in [0.717, 1.165) is 12.8 Å². The molecule has 0 rings (SSSR count). The monoisotopic (exact) mass is 330 g/mol. The lowest BCUT2D eigenvalue weighted by Gasteiger charge is -2.47. The highest BCUT2D eigenvalue weighted by molar-refractivity contribution is 4.94. The van der Waals surface area contributed by atoms with Crippen LogP contribution in [0.15, 0.2) is 0 Å². The molecule has 0 fully saturated rings. The van der Waals surface area contributed by atoms with E-state index in [1.165, 1.54) is 0 Å². The zero-order valence-corrected chi connectivity index (χ0v) is 18.2. The van der Waals surface area contributed by atoms with Gasteiger partial charge in [-0.2, -0.15) is 0 Å². The van der Waals surface area contributed by atoms with Crippen LogP contribution in [0, 0.1) is 27.6 Å². The topological polar surface area (TPSA) is 40.5 Å². The smallest absolute Gasteiger partial charge is 0.0642 e. The molecule has 0 saturated carbocycles. The van der Waals surface area contributed by atoms with Gasteiger partial charge in [0.1, 0.15) is 0 Å². The maximum atomic E-state index is 11.0. The lowest BCUT2D eigenvalue weighted by atomic mass is 9.60. The zero-order chi connectivity index (χ0) is 19.3. The van der Waals surface area contributed by atoms with Gasteiger partial charge in [0.2, 0.25) is 0 Å². The molecule has 0 amide bonds. The van der Waals surface area contributed by atoms with E-state index in [9.17, 15) is 10.2 Å². The van der Waals surface area contributed by atoms with Crippen LogP contribution >= 0.6 is 0 Å². The number of aliphatic hydroxyl groups is 2. The largest absolute Gasteiger partial charge is 0.396 e. The van der Waals surface area contributed by atoms with E-state index < -0.39 is 6.10 Å². The van der Waals surface area contributed by atoms with Crippen molar-refractivity contribution < 1.29 is 10.2 Å². The molecule has 23 heavy (non-hydrogen) atoms. The third kappa shape index (κ3) is 8.03. The third-order valence-electron chi connectivity index (χ3n) is 5.32. The Morgan fingerprint density at radius 2 is 1.04 bits per heavy atom. The van der Waals surface area contributed by atoms with Crippen LogP contribution in [0.1, 0.15) is 95.9 Å². The lowest BCUT2D eigenvalue weighted by Crippen LogP contribution is -2.46. The Bertz CT molecular complexity index is 325. The van der Waals surface area contributed by atoms with E-state index in [-0.39, 0.29) is 28.3 Å². The first-order valence-electron chi connectivity index (χ1n) is 9.36. The number of hydrogen-bond donors (Lipinski definition) is 2. The quantitative estimate of drug-likeness (QED) is 0.581. The normalized spacial score (nSPS) is 15.3. The summed E-state index contributed by atoms with van der Waals surface area (Å²) in [5.74, 6) is 0.584. The van der Waals surface area contributed by atoms with Crippen molar-refractivity contribution in [1.82, 2.24) is 0 Å². The maximum Gasteiger partial charge on any atom is 0.0642 e. The summed E-state index contributed by atoms with van der Waals surface area (Å²) in [5.41, 5.74) is -0.327. The molecule has 2 N–H and O–H groups in total. The molecule has 0 aliphatic carbocycles. The van der Waals surface area contributed by atoms with Gasteiger partial charge in [-0.3, -0.25) is 0 Å². The van der Waals surface area contributed by atoms with Crippen molar-refractivity contribution >= 4 is 0 Å². The molecular formula is C21H46O2. The molecule has 2 heteroatoms. The minimum atomic E-state index is -0.395. The highest BCUT2D eigenvalue weighted by Crippen LogP contribution is 2.48. The average molecular weight is 331 g/mol. The number of hydrogen-bond acceptors (Lipinski definition) is 2. The molecular weight excluding hydrogens is 284 g/mol. The molecule has 0 aliphatic rings. The molecule has 1 unspecified atom stereocenters. The summed E-state index contributed by atoms with van der Waals surface area (Å²) in [6.07, 6.45) is 1.40. The van der Waals surface area contributed by atoms with Crippen LogP contribution in [0.3, 0.4) is 0 Å².